The molecule has 0 fully saturated rings. The van der Waals surface area contributed by atoms with Crippen LogP contribution in [0.3, 0.4) is 0 Å². The Morgan fingerprint density at radius 2 is 1.80 bits per heavy atom. The van der Waals surface area contributed by atoms with E-state index < -0.39 is 11.7 Å². The highest BCUT2D eigenvalue weighted by Gasteiger charge is 2.30. The van der Waals surface area contributed by atoms with Gasteiger partial charge < -0.3 is 4.42 Å². The number of fused-ring (bicyclic) bond motifs is 2. The Morgan fingerprint density at radius 1 is 1.05 bits per heavy atom. The van der Waals surface area contributed by atoms with Crippen LogP contribution in [-0.4, -0.2) is 0 Å². The monoisotopic (exact) mass is 294 g/mol. The van der Waals surface area contributed by atoms with Gasteiger partial charge in [-0.3, -0.25) is 0 Å². The van der Waals surface area contributed by atoms with Gasteiger partial charge in [-0.2, -0.15) is 13.2 Å². The molecule has 3 rings (SSSR count). The van der Waals surface area contributed by atoms with Gasteiger partial charge in [0.05, 0.1) is 10.1 Å². The first kappa shape index (κ1) is 13.1. The summed E-state index contributed by atoms with van der Waals surface area (Å²) in [6.45, 7) is 1.85. The second kappa shape index (κ2) is 4.31. The van der Waals surface area contributed by atoms with Gasteiger partial charge in [0.25, 0.3) is 0 Å². The highest BCUT2D eigenvalue weighted by atomic mass is 32.1. The molecule has 0 unspecified atom stereocenters. The fourth-order valence-electron chi connectivity index (χ4n) is 2.24. The highest BCUT2D eigenvalue weighted by Crippen LogP contribution is 2.34. The van der Waals surface area contributed by atoms with Gasteiger partial charge in [-0.05, 0) is 36.8 Å². The van der Waals surface area contributed by atoms with Crippen LogP contribution in [0.25, 0.3) is 21.9 Å². The third-order valence-electron chi connectivity index (χ3n) is 3.23. The zero-order valence-electron chi connectivity index (χ0n) is 10.4. The molecule has 20 heavy (non-hydrogen) atoms. The molecule has 0 saturated heterocycles. The van der Waals surface area contributed by atoms with E-state index in [1.54, 1.807) is 6.07 Å². The van der Waals surface area contributed by atoms with Gasteiger partial charge in [-0.1, -0.05) is 24.4 Å². The van der Waals surface area contributed by atoms with Crippen LogP contribution in [0.4, 0.5) is 13.2 Å². The van der Waals surface area contributed by atoms with Crippen molar-refractivity contribution in [3.63, 3.8) is 0 Å². The average molecular weight is 294 g/mol. The molecule has 0 aliphatic rings. The molecule has 0 aliphatic carbocycles. The Morgan fingerprint density at radius 3 is 2.50 bits per heavy atom. The average Bonchev–Trinajstić information content (AvgIpc) is 2.37. The molecule has 0 atom stereocenters. The normalized spacial score (nSPS) is 12.2. The minimum absolute atomic E-state index is 0.316. The Hall–Kier alpha value is -1.88. The lowest BCUT2D eigenvalue weighted by Gasteiger charge is -2.09. The molecule has 0 saturated carbocycles. The first-order valence-corrected chi connectivity index (χ1v) is 6.32. The van der Waals surface area contributed by atoms with Crippen LogP contribution in [-0.2, 0) is 6.18 Å². The fraction of sp³-hybridized carbons (Fsp3) is 0.133. The molecule has 1 heterocycles. The Labute approximate surface area is 117 Å². The van der Waals surface area contributed by atoms with Crippen LogP contribution in [0.1, 0.15) is 11.1 Å². The summed E-state index contributed by atoms with van der Waals surface area (Å²) in [5.41, 5.74) is 1.11. The maximum absolute atomic E-state index is 12.8. The molecule has 0 N–H and O–H groups in total. The summed E-state index contributed by atoms with van der Waals surface area (Å²) >= 11 is 5.34. The van der Waals surface area contributed by atoms with Gasteiger partial charge in [-0.25, -0.2) is 0 Å². The SMILES string of the molecule is Cc1cccc2oc3ccc(C(F)(F)F)cc3c(=S)c12. The zero-order chi connectivity index (χ0) is 14.5. The van der Waals surface area contributed by atoms with Crippen LogP contribution in [0.2, 0.25) is 0 Å². The Kier molecular flexibility index (Phi) is 2.83. The second-order valence-corrected chi connectivity index (χ2v) is 5.00. The molecule has 0 aliphatic heterocycles. The highest BCUT2D eigenvalue weighted by molar-refractivity contribution is 7.72. The molecule has 102 valence electrons. The molecule has 0 amide bonds. The van der Waals surface area contributed by atoms with Crippen LogP contribution < -0.4 is 0 Å². The van der Waals surface area contributed by atoms with Crippen molar-refractivity contribution in [3.05, 3.63) is 52.0 Å². The first-order valence-electron chi connectivity index (χ1n) is 5.91. The standard InChI is InChI=1S/C15H9F3OS/c1-8-3-2-4-12-13(8)14(20)10-7-9(15(16,17)18)5-6-11(10)19-12/h2-7H,1H3. The molecule has 0 bridgehead atoms. The van der Waals surface area contributed by atoms with Gasteiger partial charge >= 0.3 is 6.18 Å². The van der Waals surface area contributed by atoms with Gasteiger partial charge in [0.2, 0.25) is 0 Å². The number of benzene rings is 2. The smallest absolute Gasteiger partial charge is 0.416 e. The lowest BCUT2D eigenvalue weighted by Crippen LogP contribution is -2.04. The summed E-state index contributed by atoms with van der Waals surface area (Å²) in [6.07, 6.45) is -4.39. The van der Waals surface area contributed by atoms with E-state index in [-0.39, 0.29) is 0 Å². The van der Waals surface area contributed by atoms with Gasteiger partial charge in [0, 0.05) is 10.8 Å². The van der Waals surface area contributed by atoms with E-state index in [0.29, 0.717) is 26.4 Å². The third kappa shape index (κ3) is 1.98. The van der Waals surface area contributed by atoms with E-state index in [1.165, 1.54) is 6.07 Å². The van der Waals surface area contributed by atoms with Crippen LogP contribution in [0, 0.1) is 11.4 Å². The van der Waals surface area contributed by atoms with Gasteiger partial charge in [0.15, 0.2) is 0 Å². The molecule has 3 aromatic rings. The summed E-state index contributed by atoms with van der Waals surface area (Å²) in [4.78, 5) is 0. The van der Waals surface area contributed by atoms with Crippen molar-refractivity contribution in [1.29, 1.82) is 0 Å². The molecular formula is C15H9F3OS. The number of hydrogen-bond donors (Lipinski definition) is 0. The van der Waals surface area contributed by atoms with E-state index >= 15 is 0 Å². The maximum atomic E-state index is 12.8. The Balaban J connectivity index is 2.47. The molecule has 0 radical (unpaired) electrons. The van der Waals surface area contributed by atoms with Crippen molar-refractivity contribution in [2.24, 2.45) is 0 Å². The first-order chi connectivity index (χ1) is 9.38. The zero-order valence-corrected chi connectivity index (χ0v) is 11.2. The minimum atomic E-state index is -4.39. The summed E-state index contributed by atoms with van der Waals surface area (Å²) in [7, 11) is 0. The van der Waals surface area contributed by atoms with E-state index in [2.05, 4.69) is 0 Å². The molecular weight excluding hydrogens is 285 g/mol. The quantitative estimate of drug-likeness (QED) is 0.393. The Bertz CT molecular complexity index is 878. The number of rotatable bonds is 0. The predicted octanol–water partition coefficient (Wildman–Crippen LogP) is 5.64. The van der Waals surface area contributed by atoms with E-state index in [9.17, 15) is 13.2 Å². The minimum Gasteiger partial charge on any atom is -0.456 e. The summed E-state index contributed by atoms with van der Waals surface area (Å²) in [5, 5.41) is 1.01. The van der Waals surface area contributed by atoms with Gasteiger partial charge in [-0.15, -0.1) is 0 Å². The van der Waals surface area contributed by atoms with E-state index in [1.807, 2.05) is 19.1 Å². The van der Waals surface area contributed by atoms with Crippen molar-refractivity contribution >= 4 is 34.2 Å². The van der Waals surface area contributed by atoms with Gasteiger partial charge in [0.1, 0.15) is 11.2 Å². The lowest BCUT2D eigenvalue weighted by molar-refractivity contribution is -0.137. The number of hydrogen-bond acceptors (Lipinski definition) is 2. The fourth-order valence-corrected chi connectivity index (χ4v) is 2.66. The topological polar surface area (TPSA) is 13.1 Å². The van der Waals surface area contributed by atoms with Crippen molar-refractivity contribution in [2.45, 2.75) is 13.1 Å². The van der Waals surface area contributed by atoms with Crippen LogP contribution in [0.15, 0.2) is 40.8 Å². The van der Waals surface area contributed by atoms with Crippen molar-refractivity contribution in [1.82, 2.24) is 0 Å². The summed E-state index contributed by atoms with van der Waals surface area (Å²) < 4.78 is 44.4. The molecule has 0 spiro atoms. The lowest BCUT2D eigenvalue weighted by atomic mass is 10.1. The predicted molar refractivity (Wildman–Crippen MR) is 74.3 cm³/mol. The number of aryl methyl sites for hydroxylation is 1. The number of halogens is 3. The summed E-state index contributed by atoms with van der Waals surface area (Å²) in [6, 6.07) is 8.80. The molecule has 2 aromatic carbocycles. The molecule has 1 nitrogen and oxygen atoms in total. The number of alkyl halides is 3. The van der Waals surface area contributed by atoms with Crippen molar-refractivity contribution < 1.29 is 17.6 Å². The third-order valence-corrected chi connectivity index (χ3v) is 3.66. The summed E-state index contributed by atoms with van der Waals surface area (Å²) in [5.74, 6) is 0. The largest absolute Gasteiger partial charge is 0.456 e. The van der Waals surface area contributed by atoms with Crippen LogP contribution in [0.5, 0.6) is 0 Å². The van der Waals surface area contributed by atoms with Crippen LogP contribution >= 0.6 is 12.2 Å². The van der Waals surface area contributed by atoms with Crippen molar-refractivity contribution in [2.75, 3.05) is 0 Å². The molecule has 1 aromatic heterocycles. The maximum Gasteiger partial charge on any atom is 0.416 e. The van der Waals surface area contributed by atoms with Crippen molar-refractivity contribution in [3.8, 4) is 0 Å². The van der Waals surface area contributed by atoms with E-state index in [0.717, 1.165) is 17.7 Å². The second-order valence-electron chi connectivity index (χ2n) is 4.59. The molecule has 5 heteroatoms. The van der Waals surface area contributed by atoms with E-state index in [4.69, 9.17) is 16.6 Å².